The monoisotopic (exact) mass is 237 g/mol. The molecule has 17 heavy (non-hydrogen) atoms. The first-order valence-corrected chi connectivity index (χ1v) is 5.65. The molecule has 0 bridgehead atoms. The molecule has 1 aromatic rings. The average Bonchev–Trinajstić information content (AvgIpc) is 2.29. The molecule has 0 fully saturated rings. The van der Waals surface area contributed by atoms with Crippen LogP contribution >= 0.6 is 0 Å². The number of ether oxygens (including phenoxy) is 2. The zero-order valence-corrected chi connectivity index (χ0v) is 10.8. The van der Waals surface area contributed by atoms with Gasteiger partial charge in [0.1, 0.15) is 5.75 Å². The third kappa shape index (κ3) is 3.98. The van der Waals surface area contributed by atoms with E-state index in [1.165, 1.54) is 0 Å². The number of hydrogen-bond acceptors (Lipinski definition) is 4. The Bertz CT molecular complexity index is 377. The Hall–Kier alpha value is -1.71. The molecule has 0 aromatic heterocycles. The molecule has 0 aliphatic carbocycles. The molecule has 1 aromatic carbocycles. The van der Waals surface area contributed by atoms with Crippen molar-refractivity contribution in [3.8, 4) is 5.75 Å². The minimum absolute atomic E-state index is 0.345. The van der Waals surface area contributed by atoms with Gasteiger partial charge in [0.25, 0.3) is 0 Å². The van der Waals surface area contributed by atoms with Crippen molar-refractivity contribution in [3.05, 3.63) is 24.3 Å². The van der Waals surface area contributed by atoms with Crippen LogP contribution in [0.15, 0.2) is 24.3 Å². The zero-order chi connectivity index (χ0) is 12.8. The molecule has 94 valence electrons. The fraction of sp³-hybridized carbons (Fsp3) is 0.462. The normalized spacial score (nSPS) is 11.8. The standard InChI is InChI=1S/C13H19NO3/c1-5-16-13(15)10(2)17-12-8-6-7-11(9-12)14(3)4/h6-10H,5H2,1-4H3. The number of carbonyl (C=O) groups excluding carboxylic acids is 1. The number of nitrogens with zero attached hydrogens (tertiary/aromatic N) is 1. The maximum absolute atomic E-state index is 11.4. The Morgan fingerprint density at radius 1 is 1.41 bits per heavy atom. The lowest BCUT2D eigenvalue weighted by molar-refractivity contribution is -0.150. The third-order valence-corrected chi connectivity index (χ3v) is 2.27. The second kappa shape index (κ2) is 6.13. The van der Waals surface area contributed by atoms with Gasteiger partial charge in [-0.1, -0.05) is 6.07 Å². The summed E-state index contributed by atoms with van der Waals surface area (Å²) in [5.41, 5.74) is 1.03. The quantitative estimate of drug-likeness (QED) is 0.735. The predicted molar refractivity (Wildman–Crippen MR) is 67.5 cm³/mol. The number of hydrogen-bond donors (Lipinski definition) is 0. The van der Waals surface area contributed by atoms with Crippen molar-refractivity contribution >= 4 is 11.7 Å². The first kappa shape index (κ1) is 13.4. The molecule has 4 heteroatoms. The highest BCUT2D eigenvalue weighted by Gasteiger charge is 2.15. The highest BCUT2D eigenvalue weighted by Crippen LogP contribution is 2.20. The lowest BCUT2D eigenvalue weighted by atomic mass is 10.3. The van der Waals surface area contributed by atoms with Gasteiger partial charge in [-0.2, -0.15) is 0 Å². The minimum atomic E-state index is -0.590. The van der Waals surface area contributed by atoms with Crippen LogP contribution in [-0.2, 0) is 9.53 Å². The van der Waals surface area contributed by atoms with Gasteiger partial charge < -0.3 is 14.4 Å². The van der Waals surface area contributed by atoms with Crippen LogP contribution in [0.2, 0.25) is 0 Å². The van der Waals surface area contributed by atoms with Crippen LogP contribution in [0.3, 0.4) is 0 Å². The van der Waals surface area contributed by atoms with Crippen molar-refractivity contribution in [3.63, 3.8) is 0 Å². The van der Waals surface area contributed by atoms with Gasteiger partial charge in [0.05, 0.1) is 6.61 Å². The molecule has 1 atom stereocenters. The van der Waals surface area contributed by atoms with E-state index in [0.29, 0.717) is 12.4 Å². The predicted octanol–water partition coefficient (Wildman–Crippen LogP) is 2.08. The van der Waals surface area contributed by atoms with E-state index < -0.39 is 6.10 Å². The van der Waals surface area contributed by atoms with Gasteiger partial charge in [0.2, 0.25) is 0 Å². The molecular weight excluding hydrogens is 218 g/mol. The van der Waals surface area contributed by atoms with Crippen LogP contribution in [0.1, 0.15) is 13.8 Å². The van der Waals surface area contributed by atoms with Crippen LogP contribution in [-0.4, -0.2) is 32.8 Å². The van der Waals surface area contributed by atoms with Gasteiger partial charge in [0, 0.05) is 25.8 Å². The van der Waals surface area contributed by atoms with E-state index in [0.717, 1.165) is 5.69 Å². The fourth-order valence-electron chi connectivity index (χ4n) is 1.35. The lowest BCUT2D eigenvalue weighted by Gasteiger charge is -2.16. The summed E-state index contributed by atoms with van der Waals surface area (Å²) in [4.78, 5) is 13.4. The summed E-state index contributed by atoms with van der Waals surface area (Å²) in [5, 5.41) is 0. The molecule has 0 aliphatic heterocycles. The van der Waals surface area contributed by atoms with E-state index in [2.05, 4.69) is 0 Å². The van der Waals surface area contributed by atoms with E-state index in [-0.39, 0.29) is 5.97 Å². The molecule has 0 saturated carbocycles. The molecule has 0 spiro atoms. The fourth-order valence-corrected chi connectivity index (χ4v) is 1.35. The Labute approximate surface area is 102 Å². The van der Waals surface area contributed by atoms with E-state index >= 15 is 0 Å². The first-order valence-electron chi connectivity index (χ1n) is 5.65. The van der Waals surface area contributed by atoms with Crippen LogP contribution in [0.25, 0.3) is 0 Å². The molecule has 1 rings (SSSR count). The number of anilines is 1. The molecule has 4 nitrogen and oxygen atoms in total. The average molecular weight is 237 g/mol. The summed E-state index contributed by atoms with van der Waals surface area (Å²) in [6, 6.07) is 7.57. The van der Waals surface area contributed by atoms with Gasteiger partial charge in [-0.05, 0) is 26.0 Å². The zero-order valence-electron chi connectivity index (χ0n) is 10.8. The smallest absolute Gasteiger partial charge is 0.347 e. The van der Waals surface area contributed by atoms with Gasteiger partial charge in [-0.15, -0.1) is 0 Å². The summed E-state index contributed by atoms with van der Waals surface area (Å²) in [6.07, 6.45) is -0.590. The lowest BCUT2D eigenvalue weighted by Crippen LogP contribution is -2.26. The van der Waals surface area contributed by atoms with Crippen molar-refractivity contribution in [2.45, 2.75) is 20.0 Å². The molecule has 0 aliphatic rings. The van der Waals surface area contributed by atoms with E-state index in [4.69, 9.17) is 9.47 Å². The van der Waals surface area contributed by atoms with Crippen LogP contribution in [0, 0.1) is 0 Å². The summed E-state index contributed by atoms with van der Waals surface area (Å²) in [6.45, 7) is 3.82. The van der Waals surface area contributed by atoms with Crippen molar-refractivity contribution in [1.29, 1.82) is 0 Å². The van der Waals surface area contributed by atoms with Gasteiger partial charge in [0.15, 0.2) is 6.10 Å². The number of rotatable bonds is 5. The Morgan fingerprint density at radius 2 is 2.12 bits per heavy atom. The summed E-state index contributed by atoms with van der Waals surface area (Å²) < 4.78 is 10.4. The van der Waals surface area contributed by atoms with Crippen LogP contribution < -0.4 is 9.64 Å². The van der Waals surface area contributed by atoms with Gasteiger partial charge in [-0.25, -0.2) is 4.79 Å². The molecule has 1 unspecified atom stereocenters. The van der Waals surface area contributed by atoms with Gasteiger partial charge in [-0.3, -0.25) is 0 Å². The molecule has 0 saturated heterocycles. The number of benzene rings is 1. The van der Waals surface area contributed by atoms with Gasteiger partial charge >= 0.3 is 5.97 Å². The van der Waals surface area contributed by atoms with E-state index in [1.807, 2.05) is 43.3 Å². The maximum Gasteiger partial charge on any atom is 0.347 e. The highest BCUT2D eigenvalue weighted by atomic mass is 16.6. The van der Waals surface area contributed by atoms with Crippen LogP contribution in [0.4, 0.5) is 5.69 Å². The Kier molecular flexibility index (Phi) is 4.82. The number of esters is 1. The van der Waals surface area contributed by atoms with Crippen molar-refractivity contribution < 1.29 is 14.3 Å². The molecular formula is C13H19NO3. The SMILES string of the molecule is CCOC(=O)C(C)Oc1cccc(N(C)C)c1. The first-order chi connectivity index (χ1) is 8.04. The highest BCUT2D eigenvalue weighted by molar-refractivity contribution is 5.74. The summed E-state index contributed by atoms with van der Waals surface area (Å²) >= 11 is 0. The Morgan fingerprint density at radius 3 is 2.71 bits per heavy atom. The summed E-state index contributed by atoms with van der Waals surface area (Å²) in [7, 11) is 3.90. The largest absolute Gasteiger partial charge is 0.479 e. The van der Waals surface area contributed by atoms with E-state index in [1.54, 1.807) is 13.8 Å². The van der Waals surface area contributed by atoms with Crippen molar-refractivity contribution in [2.24, 2.45) is 0 Å². The molecule has 0 heterocycles. The second-order valence-electron chi connectivity index (χ2n) is 3.90. The molecule has 0 amide bonds. The third-order valence-electron chi connectivity index (χ3n) is 2.27. The topological polar surface area (TPSA) is 38.8 Å². The van der Waals surface area contributed by atoms with Crippen molar-refractivity contribution in [2.75, 3.05) is 25.6 Å². The number of carbonyl (C=O) groups is 1. The van der Waals surface area contributed by atoms with Crippen LogP contribution in [0.5, 0.6) is 5.75 Å². The Balaban J connectivity index is 2.68. The molecule has 0 radical (unpaired) electrons. The van der Waals surface area contributed by atoms with Crippen molar-refractivity contribution in [1.82, 2.24) is 0 Å². The summed E-state index contributed by atoms with van der Waals surface area (Å²) in [5.74, 6) is 0.319. The second-order valence-corrected chi connectivity index (χ2v) is 3.90. The maximum atomic E-state index is 11.4. The van der Waals surface area contributed by atoms with E-state index in [9.17, 15) is 4.79 Å². The molecule has 0 N–H and O–H groups in total. The minimum Gasteiger partial charge on any atom is -0.479 e.